The highest BCUT2D eigenvalue weighted by Crippen LogP contribution is 2.15. The van der Waals surface area contributed by atoms with Gasteiger partial charge in [0, 0.05) is 18.1 Å². The van der Waals surface area contributed by atoms with E-state index < -0.39 is 0 Å². The molecule has 2 aromatic rings. The van der Waals surface area contributed by atoms with Crippen LogP contribution in [0.4, 0.5) is 0 Å². The number of hydrogen-bond acceptors (Lipinski definition) is 3. The maximum absolute atomic E-state index is 11.8. The van der Waals surface area contributed by atoms with Crippen LogP contribution in [0.1, 0.15) is 18.4 Å². The summed E-state index contributed by atoms with van der Waals surface area (Å²) in [5.74, 6) is 0.736. The first kappa shape index (κ1) is 19.3. The molecule has 2 aromatic carbocycles. The monoisotopic (exact) mass is 360 g/mol. The van der Waals surface area contributed by atoms with Crippen LogP contribution in [0.3, 0.4) is 0 Å². The number of hydrogen-bond donors (Lipinski definition) is 1. The molecule has 0 unspecified atom stereocenters. The van der Waals surface area contributed by atoms with Gasteiger partial charge < -0.3 is 15.0 Å². The second-order valence-electron chi connectivity index (χ2n) is 5.98. The summed E-state index contributed by atoms with van der Waals surface area (Å²) in [4.78, 5) is 14.1. The number of carbonyl (C=O) groups excluding carboxylic acids is 1. The SMILES string of the molecule is CN(CCCNC(=O)CCOc1ccc(Cl)cc1)Cc1ccccc1. The fourth-order valence-corrected chi connectivity index (χ4v) is 2.56. The molecule has 0 aliphatic carbocycles. The molecule has 0 radical (unpaired) electrons. The molecular formula is C20H25ClN2O2. The van der Waals surface area contributed by atoms with Crippen LogP contribution in [0.15, 0.2) is 54.6 Å². The van der Waals surface area contributed by atoms with Crippen molar-refractivity contribution in [2.24, 2.45) is 0 Å². The lowest BCUT2D eigenvalue weighted by molar-refractivity contribution is -0.121. The van der Waals surface area contributed by atoms with Crippen LogP contribution in [-0.4, -0.2) is 37.6 Å². The highest BCUT2D eigenvalue weighted by molar-refractivity contribution is 6.30. The molecule has 4 nitrogen and oxygen atoms in total. The van der Waals surface area contributed by atoms with Crippen molar-refractivity contribution < 1.29 is 9.53 Å². The highest BCUT2D eigenvalue weighted by atomic mass is 35.5. The van der Waals surface area contributed by atoms with Gasteiger partial charge in [-0.3, -0.25) is 4.79 Å². The predicted molar refractivity (Wildman–Crippen MR) is 102 cm³/mol. The third-order valence-corrected chi connectivity index (χ3v) is 4.00. The van der Waals surface area contributed by atoms with E-state index in [2.05, 4.69) is 41.5 Å². The maximum atomic E-state index is 11.8. The molecule has 5 heteroatoms. The molecule has 0 spiro atoms. The van der Waals surface area contributed by atoms with E-state index in [1.54, 1.807) is 24.3 Å². The number of nitrogens with one attached hydrogen (secondary N) is 1. The van der Waals surface area contributed by atoms with Gasteiger partial charge in [-0.05, 0) is 49.8 Å². The summed E-state index contributed by atoms with van der Waals surface area (Å²) < 4.78 is 5.51. The van der Waals surface area contributed by atoms with Gasteiger partial charge >= 0.3 is 0 Å². The first-order valence-corrected chi connectivity index (χ1v) is 8.89. The number of rotatable bonds is 10. The Bertz CT molecular complexity index is 632. The zero-order valence-corrected chi connectivity index (χ0v) is 15.3. The van der Waals surface area contributed by atoms with E-state index in [0.29, 0.717) is 24.6 Å². The fraction of sp³-hybridized carbons (Fsp3) is 0.350. The normalized spacial score (nSPS) is 10.7. The summed E-state index contributed by atoms with van der Waals surface area (Å²) in [6, 6.07) is 17.5. The second-order valence-corrected chi connectivity index (χ2v) is 6.42. The van der Waals surface area contributed by atoms with Crippen molar-refractivity contribution in [3.05, 3.63) is 65.2 Å². The number of ether oxygens (including phenoxy) is 1. The van der Waals surface area contributed by atoms with Gasteiger partial charge in [-0.25, -0.2) is 0 Å². The Labute approximate surface area is 154 Å². The van der Waals surface area contributed by atoms with Gasteiger partial charge in [0.15, 0.2) is 0 Å². The average molecular weight is 361 g/mol. The Morgan fingerprint density at radius 1 is 1.12 bits per heavy atom. The zero-order chi connectivity index (χ0) is 17.9. The lowest BCUT2D eigenvalue weighted by Crippen LogP contribution is -2.29. The molecule has 1 amide bonds. The standard InChI is InChI=1S/C20H25ClN2O2/c1-23(16-17-6-3-2-4-7-17)14-5-13-22-20(24)12-15-25-19-10-8-18(21)9-11-19/h2-4,6-11H,5,12-16H2,1H3,(H,22,24). The van der Waals surface area contributed by atoms with Crippen molar-refractivity contribution in [2.45, 2.75) is 19.4 Å². The van der Waals surface area contributed by atoms with Crippen molar-refractivity contribution in [3.8, 4) is 5.75 Å². The molecule has 134 valence electrons. The lowest BCUT2D eigenvalue weighted by Gasteiger charge is -2.16. The molecule has 1 N–H and O–H groups in total. The van der Waals surface area contributed by atoms with Gasteiger partial charge in [0.25, 0.3) is 0 Å². The molecule has 0 aliphatic heterocycles. The average Bonchev–Trinajstić information content (AvgIpc) is 2.61. The minimum absolute atomic E-state index is 0.0136. The molecule has 0 atom stereocenters. The van der Waals surface area contributed by atoms with Crippen LogP contribution < -0.4 is 10.1 Å². The summed E-state index contributed by atoms with van der Waals surface area (Å²) in [6.45, 7) is 2.90. The predicted octanol–water partition coefficient (Wildman–Crippen LogP) is 3.75. The van der Waals surface area contributed by atoms with Gasteiger partial charge in [0.1, 0.15) is 5.75 Å². The van der Waals surface area contributed by atoms with Gasteiger partial charge in [0.05, 0.1) is 13.0 Å². The minimum atomic E-state index is 0.0136. The van der Waals surface area contributed by atoms with Gasteiger partial charge in [-0.2, -0.15) is 0 Å². The first-order valence-electron chi connectivity index (χ1n) is 8.51. The third kappa shape index (κ3) is 8.05. The highest BCUT2D eigenvalue weighted by Gasteiger charge is 2.03. The molecule has 25 heavy (non-hydrogen) atoms. The first-order chi connectivity index (χ1) is 12.1. The number of amides is 1. The van der Waals surface area contributed by atoms with Gasteiger partial charge in [0.2, 0.25) is 5.91 Å². The smallest absolute Gasteiger partial charge is 0.223 e. The van der Waals surface area contributed by atoms with Gasteiger partial charge in [-0.15, -0.1) is 0 Å². The van der Waals surface area contributed by atoms with Crippen molar-refractivity contribution in [3.63, 3.8) is 0 Å². The molecule has 0 aromatic heterocycles. The summed E-state index contributed by atoms with van der Waals surface area (Å²) >= 11 is 5.81. The molecule has 0 bridgehead atoms. The largest absolute Gasteiger partial charge is 0.493 e. The summed E-state index contributed by atoms with van der Waals surface area (Å²) in [7, 11) is 2.09. The van der Waals surface area contributed by atoms with Crippen molar-refractivity contribution in [1.82, 2.24) is 10.2 Å². The van der Waals surface area contributed by atoms with E-state index in [1.807, 2.05) is 6.07 Å². The van der Waals surface area contributed by atoms with Crippen LogP contribution in [0.2, 0.25) is 5.02 Å². The summed E-state index contributed by atoms with van der Waals surface area (Å²) in [5, 5.41) is 3.60. The number of nitrogens with zero attached hydrogens (tertiary/aromatic N) is 1. The van der Waals surface area contributed by atoms with Crippen LogP contribution in [0, 0.1) is 0 Å². The van der Waals surface area contributed by atoms with Crippen LogP contribution in [-0.2, 0) is 11.3 Å². The number of halogens is 1. The molecule has 0 saturated heterocycles. The number of carbonyl (C=O) groups is 1. The third-order valence-electron chi connectivity index (χ3n) is 3.75. The zero-order valence-electron chi connectivity index (χ0n) is 14.6. The molecule has 2 rings (SSSR count). The summed E-state index contributed by atoms with van der Waals surface area (Å²) in [6.07, 6.45) is 1.27. The Morgan fingerprint density at radius 3 is 2.56 bits per heavy atom. The molecule has 0 saturated carbocycles. The summed E-state index contributed by atoms with van der Waals surface area (Å²) in [5.41, 5.74) is 1.30. The van der Waals surface area contributed by atoms with Crippen LogP contribution >= 0.6 is 11.6 Å². The minimum Gasteiger partial charge on any atom is -0.493 e. The molecule has 0 heterocycles. The van der Waals surface area contributed by atoms with E-state index in [-0.39, 0.29) is 5.91 Å². The van der Waals surface area contributed by atoms with Crippen molar-refractivity contribution in [1.29, 1.82) is 0 Å². The maximum Gasteiger partial charge on any atom is 0.223 e. The quantitative estimate of drug-likeness (QED) is 0.656. The molecule has 0 fully saturated rings. The van der Waals surface area contributed by atoms with E-state index in [1.165, 1.54) is 5.56 Å². The second kappa shape index (κ2) is 10.7. The fourth-order valence-electron chi connectivity index (χ4n) is 2.43. The molecule has 0 aliphatic rings. The molecular weight excluding hydrogens is 336 g/mol. The Morgan fingerprint density at radius 2 is 1.84 bits per heavy atom. The lowest BCUT2D eigenvalue weighted by atomic mass is 10.2. The van der Waals surface area contributed by atoms with E-state index in [9.17, 15) is 4.79 Å². The Balaban J connectivity index is 1.52. The topological polar surface area (TPSA) is 41.6 Å². The van der Waals surface area contributed by atoms with Crippen LogP contribution in [0.25, 0.3) is 0 Å². The van der Waals surface area contributed by atoms with E-state index in [0.717, 1.165) is 25.3 Å². The van der Waals surface area contributed by atoms with Crippen molar-refractivity contribution >= 4 is 17.5 Å². The van der Waals surface area contributed by atoms with E-state index >= 15 is 0 Å². The number of benzene rings is 2. The Kier molecular flexibility index (Phi) is 8.29. The van der Waals surface area contributed by atoms with E-state index in [4.69, 9.17) is 16.3 Å². The van der Waals surface area contributed by atoms with Crippen molar-refractivity contribution in [2.75, 3.05) is 26.7 Å². The Hall–Kier alpha value is -2.04. The van der Waals surface area contributed by atoms with Crippen LogP contribution in [0.5, 0.6) is 5.75 Å². The van der Waals surface area contributed by atoms with Gasteiger partial charge in [-0.1, -0.05) is 41.9 Å².